The van der Waals surface area contributed by atoms with Gasteiger partial charge in [-0.2, -0.15) is 0 Å². The van der Waals surface area contributed by atoms with E-state index in [4.69, 9.17) is 0 Å². The number of rotatable bonds is 7. The van der Waals surface area contributed by atoms with Gasteiger partial charge in [0, 0.05) is 0 Å². The van der Waals surface area contributed by atoms with Crippen LogP contribution in [-0.4, -0.2) is 29.7 Å². The molecule has 1 aliphatic rings. The Morgan fingerprint density at radius 3 is 1.34 bits per heavy atom. The predicted molar refractivity (Wildman–Crippen MR) is 172 cm³/mol. The van der Waals surface area contributed by atoms with Gasteiger partial charge >= 0.3 is 235 Å². The normalized spacial score (nSPS) is 13.2. The minimum atomic E-state index is -3.74. The summed E-state index contributed by atoms with van der Waals surface area (Å²) in [5.41, 5.74) is 4.40. The van der Waals surface area contributed by atoms with Crippen LogP contribution in [0.2, 0.25) is 0 Å². The van der Waals surface area contributed by atoms with Crippen molar-refractivity contribution in [2.75, 3.05) is 0 Å². The van der Waals surface area contributed by atoms with E-state index in [9.17, 15) is 0 Å². The molecule has 0 heterocycles. The molecule has 0 fully saturated rings. The fourth-order valence-corrected chi connectivity index (χ4v) is 24.6. The summed E-state index contributed by atoms with van der Waals surface area (Å²) in [5.74, 6) is 0. The molecule has 0 spiro atoms. The second-order valence-corrected chi connectivity index (χ2v) is 25.3. The van der Waals surface area contributed by atoms with Gasteiger partial charge in [0.05, 0.1) is 0 Å². The quantitative estimate of drug-likeness (QED) is 0.150. The zero-order valence-electron chi connectivity index (χ0n) is 23.0. The molecule has 0 aliphatic heterocycles. The van der Waals surface area contributed by atoms with Crippen molar-refractivity contribution in [3.05, 3.63) is 126 Å². The van der Waals surface area contributed by atoms with E-state index >= 15 is 0 Å². The number of benzene rings is 5. The Hall–Kier alpha value is -2.41. The molecule has 0 N–H and O–H groups in total. The number of hydrogen-bond donors (Lipinski definition) is 0. The third-order valence-electron chi connectivity index (χ3n) is 8.39. The van der Waals surface area contributed by atoms with E-state index in [1.165, 1.54) is 23.6 Å². The van der Waals surface area contributed by atoms with Crippen LogP contribution in [0.15, 0.2) is 115 Å². The Bertz CT molecular complexity index is 1440. The maximum atomic E-state index is 2.58. The van der Waals surface area contributed by atoms with Gasteiger partial charge < -0.3 is 0 Å². The first-order chi connectivity index (χ1) is 18.5. The Balaban J connectivity index is 1.84. The molecule has 0 bridgehead atoms. The van der Waals surface area contributed by atoms with Crippen LogP contribution >= 0.6 is 7.92 Å². The summed E-state index contributed by atoms with van der Waals surface area (Å²) in [6, 6.07) is 44.7. The van der Waals surface area contributed by atoms with Crippen LogP contribution in [0.25, 0.3) is 10.8 Å². The molecule has 2 heteroatoms. The van der Waals surface area contributed by atoms with Crippen molar-refractivity contribution >= 4 is 56.7 Å². The van der Waals surface area contributed by atoms with Gasteiger partial charge in [0.15, 0.2) is 0 Å². The summed E-state index contributed by atoms with van der Waals surface area (Å²) in [5, 5.41) is 4.82. The van der Waals surface area contributed by atoms with Crippen molar-refractivity contribution in [3.63, 3.8) is 0 Å². The van der Waals surface area contributed by atoms with E-state index in [0.717, 1.165) is 0 Å². The van der Waals surface area contributed by atoms with E-state index in [-0.39, 0.29) is 7.92 Å². The molecule has 0 amide bonds. The monoisotopic (exact) mass is 620 g/mol. The number of aryl methyl sites for hydroxylation is 2. The maximum absolute atomic E-state index is 3.74. The molecule has 38 heavy (non-hydrogen) atoms. The van der Waals surface area contributed by atoms with Crippen molar-refractivity contribution < 1.29 is 0 Å². The first-order valence-electron chi connectivity index (χ1n) is 14.1. The van der Waals surface area contributed by atoms with Gasteiger partial charge in [-0.1, -0.05) is 0 Å². The van der Waals surface area contributed by atoms with E-state index in [2.05, 4.69) is 143 Å². The van der Waals surface area contributed by atoms with E-state index in [1.807, 2.05) is 0 Å². The average molecular weight is 619 g/mol. The van der Waals surface area contributed by atoms with Crippen LogP contribution in [-0.2, 0) is 12.8 Å². The minimum absolute atomic E-state index is 0.307. The second kappa shape index (κ2) is 10.6. The summed E-state index contributed by atoms with van der Waals surface area (Å²) in [7, 11) is -0.307. The molecule has 190 valence electrons. The molecule has 6 rings (SSSR count). The Morgan fingerprint density at radius 2 is 0.921 bits per heavy atom. The molecule has 1 aliphatic carbocycles. The van der Waals surface area contributed by atoms with Crippen molar-refractivity contribution in [1.29, 1.82) is 0 Å². The third kappa shape index (κ3) is 4.16. The average Bonchev–Trinajstić information content (AvgIpc) is 3.37. The number of hydrogen-bond acceptors (Lipinski definition) is 0. The van der Waals surface area contributed by atoms with Gasteiger partial charge in [-0.15, -0.1) is 0 Å². The predicted octanol–water partition coefficient (Wildman–Crippen LogP) is 6.24. The molecule has 5 aromatic carbocycles. The summed E-state index contributed by atoms with van der Waals surface area (Å²) in [6.45, 7) is 9.76. The van der Waals surface area contributed by atoms with Crippen LogP contribution < -0.4 is 19.6 Å². The van der Waals surface area contributed by atoms with Crippen LogP contribution in [0.1, 0.15) is 38.8 Å². The summed E-state index contributed by atoms with van der Waals surface area (Å²) in [4.78, 5) is 0. The summed E-state index contributed by atoms with van der Waals surface area (Å²) < 4.78 is 6.22. The molecule has 0 nitrogen and oxygen atoms in total. The third-order valence-corrected chi connectivity index (χ3v) is 25.3. The first-order valence-corrected chi connectivity index (χ1v) is 21.2. The van der Waals surface area contributed by atoms with Crippen LogP contribution in [0, 0.1) is 0 Å². The van der Waals surface area contributed by atoms with Gasteiger partial charge in [0.1, 0.15) is 0 Å². The van der Waals surface area contributed by atoms with Gasteiger partial charge in [-0.05, 0) is 0 Å². The molecule has 0 radical (unpaired) electrons. The van der Waals surface area contributed by atoms with Gasteiger partial charge in [0.25, 0.3) is 0 Å². The topological polar surface area (TPSA) is 0 Å². The molecule has 0 saturated carbocycles. The molecular formula is C36H37PSn. The fraction of sp³-hybridized carbons (Fsp3) is 0.222. The van der Waals surface area contributed by atoms with Crippen molar-refractivity contribution in [1.82, 2.24) is 0 Å². The SMILES string of the molecule is CC(C)P(c1ccc2c3c(cc[c]([Sn]([c]4ccccc4)([c]4ccccc4)[c]4ccccc4)c13)CC2)C(C)C. The molecule has 0 saturated heterocycles. The van der Waals surface area contributed by atoms with E-state index in [1.54, 1.807) is 30.8 Å². The van der Waals surface area contributed by atoms with Gasteiger partial charge in [-0.25, -0.2) is 0 Å². The van der Waals surface area contributed by atoms with Crippen molar-refractivity contribution in [3.8, 4) is 0 Å². The van der Waals surface area contributed by atoms with E-state index < -0.39 is 18.4 Å². The Labute approximate surface area is 233 Å². The Morgan fingerprint density at radius 1 is 0.500 bits per heavy atom. The molecular weight excluding hydrogens is 582 g/mol. The zero-order valence-corrected chi connectivity index (χ0v) is 26.7. The standard InChI is InChI=1S/C18H22P.3C6H5.Sn/c1-12(2)19(13(3)4)17-11-10-15-9-8-14-6-5-7-16(17)18(14)15;3*1-2-4-6-5-3-1;/h5-6,10-13H,8-9H2,1-4H3;3*1-5H;. The molecule has 0 unspecified atom stereocenters. The van der Waals surface area contributed by atoms with E-state index in [0.29, 0.717) is 11.3 Å². The second-order valence-electron chi connectivity index (χ2n) is 11.2. The van der Waals surface area contributed by atoms with Gasteiger partial charge in [0.2, 0.25) is 0 Å². The molecule has 5 aromatic rings. The summed E-state index contributed by atoms with van der Waals surface area (Å²) in [6.07, 6.45) is 2.34. The van der Waals surface area contributed by atoms with Gasteiger partial charge in [-0.3, -0.25) is 0 Å². The zero-order chi connectivity index (χ0) is 26.3. The van der Waals surface area contributed by atoms with Crippen LogP contribution in [0.3, 0.4) is 0 Å². The molecule has 0 aromatic heterocycles. The first kappa shape index (κ1) is 25.8. The fourth-order valence-electron chi connectivity index (χ4n) is 7.02. The summed E-state index contributed by atoms with van der Waals surface area (Å²) >= 11 is -3.74. The van der Waals surface area contributed by atoms with Crippen LogP contribution in [0.5, 0.6) is 0 Å². The Kier molecular flexibility index (Phi) is 7.23. The van der Waals surface area contributed by atoms with Crippen molar-refractivity contribution in [2.45, 2.75) is 51.9 Å². The molecule has 0 atom stereocenters. The van der Waals surface area contributed by atoms with Crippen LogP contribution in [0.4, 0.5) is 0 Å². The van der Waals surface area contributed by atoms with Crippen molar-refractivity contribution in [2.24, 2.45) is 0 Å².